The zero-order valence-electron chi connectivity index (χ0n) is 10.1. The molecule has 17 heavy (non-hydrogen) atoms. The average molecular weight is 247 g/mol. The monoisotopic (exact) mass is 247 g/mol. The van der Waals surface area contributed by atoms with Crippen molar-refractivity contribution in [2.24, 2.45) is 0 Å². The van der Waals surface area contributed by atoms with Crippen LogP contribution in [0.4, 0.5) is 5.69 Å². The maximum Gasteiger partial charge on any atom is 1.00 e. The van der Waals surface area contributed by atoms with Gasteiger partial charge in [0.05, 0.1) is 11.8 Å². The Hall–Kier alpha value is -0.313. The second-order valence-corrected chi connectivity index (χ2v) is 4.70. The Morgan fingerprint density at radius 1 is 1.47 bits per heavy atom. The Morgan fingerprint density at radius 2 is 2.18 bits per heavy atom. The number of hydrogen-bond acceptors (Lipinski definition) is 4. The maximum absolute atomic E-state index is 11.1. The summed E-state index contributed by atoms with van der Waals surface area (Å²) in [6.07, 6.45) is 1.14. The van der Waals surface area contributed by atoms with Gasteiger partial charge in [-0.2, -0.15) is 0 Å². The minimum Gasteiger partial charge on any atom is -0.768 e. The first-order valence-electron chi connectivity index (χ1n) is 5.18. The SMILES string of the molecule is COC1CCN(c2ccccc2S(=O)[O-])C1.[Li+]. The van der Waals surface area contributed by atoms with Crippen LogP contribution >= 0.6 is 0 Å². The third-order valence-corrected chi connectivity index (χ3v) is 3.57. The number of ether oxygens (including phenoxy) is 1. The van der Waals surface area contributed by atoms with Crippen LogP contribution in [-0.4, -0.2) is 35.1 Å². The van der Waals surface area contributed by atoms with Gasteiger partial charge in [-0.05, 0) is 29.6 Å². The van der Waals surface area contributed by atoms with Gasteiger partial charge in [-0.25, -0.2) is 0 Å². The van der Waals surface area contributed by atoms with E-state index in [4.69, 9.17) is 4.74 Å². The van der Waals surface area contributed by atoms with E-state index < -0.39 is 11.1 Å². The van der Waals surface area contributed by atoms with Crippen molar-refractivity contribution in [1.82, 2.24) is 0 Å². The molecule has 4 nitrogen and oxygen atoms in total. The second kappa shape index (κ2) is 6.57. The standard InChI is InChI=1S/C11H15NO3S.Li/c1-15-9-6-7-12(8-9)10-4-2-3-5-11(10)16(13)14;/h2-5,9H,6-8H2,1H3,(H,13,14);/q;+1/p-1. The molecule has 0 bridgehead atoms. The van der Waals surface area contributed by atoms with E-state index in [-0.39, 0.29) is 25.0 Å². The van der Waals surface area contributed by atoms with Gasteiger partial charge in [0.15, 0.2) is 0 Å². The Morgan fingerprint density at radius 3 is 2.76 bits per heavy atom. The van der Waals surface area contributed by atoms with Crippen LogP contribution in [-0.2, 0) is 15.8 Å². The van der Waals surface area contributed by atoms with Crippen molar-refractivity contribution in [2.45, 2.75) is 17.4 Å². The van der Waals surface area contributed by atoms with Crippen molar-refractivity contribution in [3.63, 3.8) is 0 Å². The van der Waals surface area contributed by atoms with Crippen molar-refractivity contribution < 1.29 is 32.4 Å². The Balaban J connectivity index is 0.00000144. The van der Waals surface area contributed by atoms with Crippen LogP contribution in [0.5, 0.6) is 0 Å². The number of rotatable bonds is 3. The molecule has 0 amide bonds. The first-order valence-corrected chi connectivity index (χ1v) is 6.26. The molecule has 1 saturated heterocycles. The van der Waals surface area contributed by atoms with E-state index in [2.05, 4.69) is 4.90 Å². The Labute approximate surface area is 116 Å². The molecule has 1 aromatic carbocycles. The number of hydrogen-bond donors (Lipinski definition) is 0. The molecule has 0 saturated carbocycles. The quantitative estimate of drug-likeness (QED) is 0.465. The van der Waals surface area contributed by atoms with Crippen molar-refractivity contribution in [3.05, 3.63) is 24.3 Å². The fraction of sp³-hybridized carbons (Fsp3) is 0.455. The fourth-order valence-electron chi connectivity index (χ4n) is 2.00. The topological polar surface area (TPSA) is 52.6 Å². The first-order chi connectivity index (χ1) is 7.72. The fourth-order valence-corrected chi connectivity index (χ4v) is 2.56. The summed E-state index contributed by atoms with van der Waals surface area (Å²) in [5.74, 6) is 0. The van der Waals surface area contributed by atoms with Gasteiger partial charge in [-0.15, -0.1) is 0 Å². The first kappa shape index (κ1) is 14.7. The summed E-state index contributed by atoms with van der Waals surface area (Å²) in [7, 11) is 1.69. The van der Waals surface area contributed by atoms with E-state index >= 15 is 0 Å². The minimum atomic E-state index is -2.18. The Bertz CT molecular complexity index is 402. The van der Waals surface area contributed by atoms with Crippen LogP contribution in [0.3, 0.4) is 0 Å². The molecule has 0 N–H and O–H groups in total. The van der Waals surface area contributed by atoms with Gasteiger partial charge < -0.3 is 14.2 Å². The smallest absolute Gasteiger partial charge is 0.768 e. The van der Waals surface area contributed by atoms with Gasteiger partial charge in [0.2, 0.25) is 0 Å². The molecule has 2 rings (SSSR count). The second-order valence-electron chi connectivity index (χ2n) is 3.79. The van der Waals surface area contributed by atoms with Crippen LogP contribution in [0.15, 0.2) is 29.2 Å². The van der Waals surface area contributed by atoms with E-state index in [1.165, 1.54) is 0 Å². The number of benzene rings is 1. The zero-order chi connectivity index (χ0) is 11.5. The molecular formula is C11H14LiNO3S. The number of anilines is 1. The van der Waals surface area contributed by atoms with E-state index in [0.717, 1.165) is 25.2 Å². The van der Waals surface area contributed by atoms with Crippen LogP contribution in [0.25, 0.3) is 0 Å². The summed E-state index contributed by atoms with van der Waals surface area (Å²) in [4.78, 5) is 2.42. The van der Waals surface area contributed by atoms with Gasteiger partial charge in [-0.3, -0.25) is 4.21 Å². The largest absolute Gasteiger partial charge is 1.00 e. The van der Waals surface area contributed by atoms with Crippen molar-refractivity contribution >= 4 is 16.8 Å². The molecule has 88 valence electrons. The number of para-hydroxylation sites is 1. The Kier molecular flexibility index (Phi) is 5.70. The maximum atomic E-state index is 11.1. The van der Waals surface area contributed by atoms with Crippen LogP contribution in [0.1, 0.15) is 6.42 Å². The summed E-state index contributed by atoms with van der Waals surface area (Å²) in [5.41, 5.74) is 0.774. The predicted octanol–water partition coefficient (Wildman–Crippen LogP) is -1.85. The molecule has 0 aliphatic carbocycles. The zero-order valence-corrected chi connectivity index (χ0v) is 10.9. The van der Waals surface area contributed by atoms with Crippen molar-refractivity contribution in [3.8, 4) is 0 Å². The molecule has 0 spiro atoms. The van der Waals surface area contributed by atoms with Gasteiger partial charge >= 0.3 is 18.9 Å². The van der Waals surface area contributed by atoms with E-state index in [1.54, 1.807) is 19.2 Å². The summed E-state index contributed by atoms with van der Waals surface area (Å²) in [5, 5.41) is 0. The molecule has 1 heterocycles. The van der Waals surface area contributed by atoms with Crippen LogP contribution in [0.2, 0.25) is 0 Å². The van der Waals surface area contributed by atoms with Gasteiger partial charge in [0, 0.05) is 25.1 Å². The number of nitrogens with zero attached hydrogens (tertiary/aromatic N) is 1. The van der Waals surface area contributed by atoms with Gasteiger partial charge in [0.1, 0.15) is 0 Å². The molecule has 1 aliphatic rings. The summed E-state index contributed by atoms with van der Waals surface area (Å²) in [6.45, 7) is 1.59. The molecule has 0 aromatic heterocycles. The van der Waals surface area contributed by atoms with E-state index in [0.29, 0.717) is 4.90 Å². The summed E-state index contributed by atoms with van der Waals surface area (Å²) < 4.78 is 27.4. The molecule has 1 aliphatic heterocycles. The molecule has 2 atom stereocenters. The average Bonchev–Trinajstić information content (AvgIpc) is 2.77. The summed E-state index contributed by atoms with van der Waals surface area (Å²) >= 11 is -2.18. The third kappa shape index (κ3) is 3.33. The van der Waals surface area contributed by atoms with Crippen LogP contribution < -0.4 is 23.8 Å². The molecular weight excluding hydrogens is 233 g/mol. The van der Waals surface area contributed by atoms with Crippen LogP contribution in [0, 0.1) is 0 Å². The van der Waals surface area contributed by atoms with Gasteiger partial charge in [0.25, 0.3) is 0 Å². The molecule has 6 heteroatoms. The van der Waals surface area contributed by atoms with Crippen molar-refractivity contribution in [2.75, 3.05) is 25.1 Å². The molecule has 1 aromatic rings. The molecule has 0 radical (unpaired) electrons. The molecule has 2 unspecified atom stereocenters. The van der Waals surface area contributed by atoms with Crippen molar-refractivity contribution in [1.29, 1.82) is 0 Å². The van der Waals surface area contributed by atoms with E-state index in [9.17, 15) is 8.76 Å². The third-order valence-electron chi connectivity index (χ3n) is 2.86. The number of methoxy groups -OCH3 is 1. The molecule has 1 fully saturated rings. The van der Waals surface area contributed by atoms with Gasteiger partial charge in [-0.1, -0.05) is 12.1 Å². The minimum absolute atomic E-state index is 0. The normalized spacial score (nSPS) is 21.1. The van der Waals surface area contributed by atoms with E-state index in [1.807, 2.05) is 12.1 Å². The summed E-state index contributed by atoms with van der Waals surface area (Å²) in [6, 6.07) is 7.05. The predicted molar refractivity (Wildman–Crippen MR) is 61.3 cm³/mol.